The first-order chi connectivity index (χ1) is 9.26. The molecule has 6 nitrogen and oxygen atoms in total. The van der Waals surface area contributed by atoms with Crippen molar-refractivity contribution in [3.8, 4) is 0 Å². The molecular formula is C13H17N3O3. The van der Waals surface area contributed by atoms with Gasteiger partial charge in [-0.15, -0.1) is 0 Å². The van der Waals surface area contributed by atoms with Gasteiger partial charge in [-0.05, 0) is 18.6 Å². The maximum absolute atomic E-state index is 11.9. The van der Waals surface area contributed by atoms with Gasteiger partial charge in [0.1, 0.15) is 0 Å². The van der Waals surface area contributed by atoms with E-state index in [0.717, 1.165) is 0 Å². The van der Waals surface area contributed by atoms with Gasteiger partial charge in [-0.3, -0.25) is 9.78 Å². The number of benzene rings is 1. The first-order valence-corrected chi connectivity index (χ1v) is 6.22. The summed E-state index contributed by atoms with van der Waals surface area (Å²) in [6.07, 6.45) is 0.552. The minimum atomic E-state index is -0.201. The van der Waals surface area contributed by atoms with E-state index in [1.807, 2.05) is 6.07 Å². The molecule has 1 aromatic carbocycles. The zero-order valence-corrected chi connectivity index (χ0v) is 10.5. The Hall–Kier alpha value is -1.92. The molecule has 6 heteroatoms. The van der Waals surface area contributed by atoms with Gasteiger partial charge in [-0.25, -0.2) is 4.98 Å². The third-order valence-corrected chi connectivity index (χ3v) is 2.86. The van der Waals surface area contributed by atoms with E-state index in [-0.39, 0.29) is 18.8 Å². The number of rotatable bonds is 6. The highest BCUT2D eigenvalue weighted by molar-refractivity contribution is 5.78. The SMILES string of the molecule is O=c1[nH]c(N(CCO)CCCO)nc2ccccc12. The number of para-hydroxylation sites is 1. The van der Waals surface area contributed by atoms with E-state index in [2.05, 4.69) is 9.97 Å². The van der Waals surface area contributed by atoms with Crippen LogP contribution in [0.2, 0.25) is 0 Å². The van der Waals surface area contributed by atoms with Crippen molar-refractivity contribution in [2.24, 2.45) is 0 Å². The van der Waals surface area contributed by atoms with Crippen LogP contribution in [-0.2, 0) is 0 Å². The lowest BCUT2D eigenvalue weighted by Crippen LogP contribution is -2.31. The minimum absolute atomic E-state index is 0.0397. The molecule has 102 valence electrons. The average Bonchev–Trinajstić information content (AvgIpc) is 2.43. The molecule has 0 bridgehead atoms. The Labute approximate surface area is 110 Å². The van der Waals surface area contributed by atoms with Crippen molar-refractivity contribution in [3.63, 3.8) is 0 Å². The lowest BCUT2D eigenvalue weighted by Gasteiger charge is -2.21. The summed E-state index contributed by atoms with van der Waals surface area (Å²) in [5.74, 6) is 0.422. The molecule has 0 amide bonds. The lowest BCUT2D eigenvalue weighted by molar-refractivity contribution is 0.280. The monoisotopic (exact) mass is 263 g/mol. The Morgan fingerprint density at radius 3 is 2.68 bits per heavy atom. The molecule has 0 spiro atoms. The summed E-state index contributed by atoms with van der Waals surface area (Å²) in [5, 5.41) is 18.5. The molecule has 0 saturated heterocycles. The summed E-state index contributed by atoms with van der Waals surface area (Å²) in [7, 11) is 0. The highest BCUT2D eigenvalue weighted by Gasteiger charge is 2.10. The van der Waals surface area contributed by atoms with E-state index in [4.69, 9.17) is 10.2 Å². The molecule has 0 fully saturated rings. The van der Waals surface area contributed by atoms with Gasteiger partial charge in [0.05, 0.1) is 17.5 Å². The number of nitrogens with one attached hydrogen (secondary N) is 1. The van der Waals surface area contributed by atoms with Gasteiger partial charge in [0, 0.05) is 19.7 Å². The van der Waals surface area contributed by atoms with Gasteiger partial charge < -0.3 is 15.1 Å². The van der Waals surface area contributed by atoms with Crippen LogP contribution in [0.4, 0.5) is 5.95 Å². The van der Waals surface area contributed by atoms with Crippen LogP contribution in [0.3, 0.4) is 0 Å². The third kappa shape index (κ3) is 3.10. The quantitative estimate of drug-likeness (QED) is 0.688. The minimum Gasteiger partial charge on any atom is -0.396 e. The fourth-order valence-electron chi connectivity index (χ4n) is 1.93. The van der Waals surface area contributed by atoms with Crippen LogP contribution >= 0.6 is 0 Å². The predicted molar refractivity (Wildman–Crippen MR) is 73.4 cm³/mol. The van der Waals surface area contributed by atoms with E-state index >= 15 is 0 Å². The summed E-state index contributed by atoms with van der Waals surface area (Å²) >= 11 is 0. The van der Waals surface area contributed by atoms with E-state index in [0.29, 0.717) is 36.4 Å². The van der Waals surface area contributed by atoms with Crippen LogP contribution < -0.4 is 10.5 Å². The highest BCUT2D eigenvalue weighted by Crippen LogP contribution is 2.11. The highest BCUT2D eigenvalue weighted by atomic mass is 16.3. The Morgan fingerprint density at radius 1 is 1.16 bits per heavy atom. The fraction of sp³-hybridized carbons (Fsp3) is 0.385. The Bertz CT molecular complexity index is 597. The smallest absolute Gasteiger partial charge is 0.260 e. The predicted octanol–water partition coefficient (Wildman–Crippen LogP) is 0.104. The van der Waals surface area contributed by atoms with Gasteiger partial charge in [0.25, 0.3) is 5.56 Å². The zero-order valence-electron chi connectivity index (χ0n) is 10.5. The largest absolute Gasteiger partial charge is 0.396 e. The number of nitrogens with zero attached hydrogens (tertiary/aromatic N) is 2. The molecule has 0 aliphatic heterocycles. The molecule has 0 aliphatic rings. The molecule has 0 aliphatic carbocycles. The summed E-state index contributed by atoms with van der Waals surface area (Å²) in [6.45, 7) is 0.904. The second-order valence-corrected chi connectivity index (χ2v) is 4.19. The van der Waals surface area contributed by atoms with Gasteiger partial charge in [0.15, 0.2) is 0 Å². The van der Waals surface area contributed by atoms with Crippen molar-refractivity contribution >= 4 is 16.9 Å². The molecule has 0 atom stereocenters. The number of anilines is 1. The van der Waals surface area contributed by atoms with Crippen molar-refractivity contribution in [1.82, 2.24) is 9.97 Å². The molecule has 1 heterocycles. The van der Waals surface area contributed by atoms with Crippen LogP contribution in [0.15, 0.2) is 29.1 Å². The van der Waals surface area contributed by atoms with Crippen molar-refractivity contribution in [2.75, 3.05) is 31.2 Å². The molecule has 19 heavy (non-hydrogen) atoms. The van der Waals surface area contributed by atoms with E-state index in [9.17, 15) is 4.79 Å². The van der Waals surface area contributed by atoms with E-state index in [1.165, 1.54) is 0 Å². The Morgan fingerprint density at radius 2 is 1.95 bits per heavy atom. The third-order valence-electron chi connectivity index (χ3n) is 2.86. The number of fused-ring (bicyclic) bond motifs is 1. The van der Waals surface area contributed by atoms with Crippen LogP contribution in [0, 0.1) is 0 Å². The first kappa shape index (κ1) is 13.5. The standard InChI is InChI=1S/C13H17N3O3/c17-8-3-6-16(7-9-18)13-14-11-5-2-1-4-10(11)12(19)15-13/h1-2,4-5,17-18H,3,6-9H2,(H,14,15,19). The number of aromatic nitrogens is 2. The summed E-state index contributed by atoms with van der Waals surface area (Å²) in [6, 6.07) is 7.10. The number of H-pyrrole nitrogens is 1. The Balaban J connectivity index is 2.39. The molecule has 0 radical (unpaired) electrons. The number of hydrogen-bond acceptors (Lipinski definition) is 5. The number of hydrogen-bond donors (Lipinski definition) is 3. The summed E-state index contributed by atoms with van der Waals surface area (Å²) < 4.78 is 0. The maximum atomic E-state index is 11.9. The topological polar surface area (TPSA) is 89.5 Å². The zero-order chi connectivity index (χ0) is 13.7. The van der Waals surface area contributed by atoms with Crippen molar-refractivity contribution in [2.45, 2.75) is 6.42 Å². The van der Waals surface area contributed by atoms with E-state index in [1.54, 1.807) is 23.1 Å². The molecule has 1 aromatic heterocycles. The molecule has 3 N–H and O–H groups in total. The molecule has 0 saturated carbocycles. The number of aliphatic hydroxyl groups excluding tert-OH is 2. The van der Waals surface area contributed by atoms with Gasteiger partial charge in [-0.2, -0.15) is 0 Å². The number of aliphatic hydroxyl groups is 2. The second kappa shape index (κ2) is 6.31. The second-order valence-electron chi connectivity index (χ2n) is 4.19. The summed E-state index contributed by atoms with van der Waals surface area (Å²) in [5.41, 5.74) is 0.417. The van der Waals surface area contributed by atoms with Crippen molar-refractivity contribution < 1.29 is 10.2 Å². The van der Waals surface area contributed by atoms with Crippen LogP contribution in [-0.4, -0.2) is 46.5 Å². The van der Waals surface area contributed by atoms with E-state index < -0.39 is 0 Å². The molecule has 2 aromatic rings. The van der Waals surface area contributed by atoms with Gasteiger partial charge in [-0.1, -0.05) is 12.1 Å². The molecule has 2 rings (SSSR count). The van der Waals surface area contributed by atoms with Crippen molar-refractivity contribution in [1.29, 1.82) is 0 Å². The lowest BCUT2D eigenvalue weighted by atomic mass is 10.2. The Kier molecular flexibility index (Phi) is 4.48. The average molecular weight is 263 g/mol. The summed E-state index contributed by atoms with van der Waals surface area (Å²) in [4.78, 5) is 20.8. The van der Waals surface area contributed by atoms with Gasteiger partial charge in [0.2, 0.25) is 5.95 Å². The molecular weight excluding hydrogens is 246 g/mol. The van der Waals surface area contributed by atoms with Gasteiger partial charge >= 0.3 is 0 Å². The number of aromatic amines is 1. The normalized spacial score (nSPS) is 10.8. The van der Waals surface area contributed by atoms with Crippen LogP contribution in [0.1, 0.15) is 6.42 Å². The van der Waals surface area contributed by atoms with Crippen LogP contribution in [0.25, 0.3) is 10.9 Å². The fourth-order valence-corrected chi connectivity index (χ4v) is 1.93. The first-order valence-electron chi connectivity index (χ1n) is 6.22. The maximum Gasteiger partial charge on any atom is 0.260 e. The molecule has 0 unspecified atom stereocenters. The van der Waals surface area contributed by atoms with Crippen molar-refractivity contribution in [3.05, 3.63) is 34.6 Å². The van der Waals surface area contributed by atoms with Crippen LogP contribution in [0.5, 0.6) is 0 Å².